The molecule has 16 heavy (non-hydrogen) atoms. The molecular formula is C9H19N5O2. The van der Waals surface area contributed by atoms with Crippen molar-refractivity contribution >= 4 is 11.9 Å². The van der Waals surface area contributed by atoms with E-state index in [9.17, 15) is 4.79 Å². The molecule has 0 spiro atoms. The van der Waals surface area contributed by atoms with Gasteiger partial charge in [0.2, 0.25) is 0 Å². The maximum atomic E-state index is 11.6. The summed E-state index contributed by atoms with van der Waals surface area (Å²) >= 11 is 0. The van der Waals surface area contributed by atoms with E-state index in [2.05, 4.69) is 10.1 Å². The molecule has 0 bridgehead atoms. The van der Waals surface area contributed by atoms with Crippen molar-refractivity contribution in [1.29, 1.82) is 0 Å². The second kappa shape index (κ2) is 5.55. The van der Waals surface area contributed by atoms with Gasteiger partial charge in [-0.25, -0.2) is 4.79 Å². The van der Waals surface area contributed by atoms with E-state index in [0.29, 0.717) is 19.6 Å². The summed E-state index contributed by atoms with van der Waals surface area (Å²) < 4.78 is 0. The maximum absolute atomic E-state index is 11.6. The average Bonchev–Trinajstić information content (AvgIpc) is 2.28. The summed E-state index contributed by atoms with van der Waals surface area (Å²) in [6, 6.07) is 0.0310. The molecule has 0 radical (unpaired) electrons. The zero-order chi connectivity index (χ0) is 12.1. The van der Waals surface area contributed by atoms with E-state index in [0.717, 1.165) is 13.1 Å². The predicted octanol–water partition coefficient (Wildman–Crippen LogP) is -0.968. The van der Waals surface area contributed by atoms with E-state index in [1.807, 2.05) is 0 Å². The zero-order valence-corrected chi connectivity index (χ0v) is 9.76. The SMILES string of the molecule is CN(C)C(=O)N1CCN(CC(N)=NO)CC1. The molecule has 3 N–H and O–H groups in total. The van der Waals surface area contributed by atoms with Crippen molar-refractivity contribution in [3.8, 4) is 0 Å². The Balaban J connectivity index is 2.37. The first-order valence-electron chi connectivity index (χ1n) is 5.19. The number of rotatable bonds is 2. The fourth-order valence-corrected chi connectivity index (χ4v) is 1.64. The normalized spacial score (nSPS) is 18.6. The van der Waals surface area contributed by atoms with Gasteiger partial charge in [-0.3, -0.25) is 4.90 Å². The van der Waals surface area contributed by atoms with Crippen molar-refractivity contribution in [2.45, 2.75) is 0 Å². The fourth-order valence-electron chi connectivity index (χ4n) is 1.64. The van der Waals surface area contributed by atoms with Gasteiger partial charge >= 0.3 is 6.03 Å². The Hall–Kier alpha value is -1.50. The van der Waals surface area contributed by atoms with Crippen LogP contribution in [-0.4, -0.2) is 78.6 Å². The molecule has 0 aromatic rings. The van der Waals surface area contributed by atoms with Crippen LogP contribution < -0.4 is 5.73 Å². The van der Waals surface area contributed by atoms with Crippen molar-refractivity contribution in [3.05, 3.63) is 0 Å². The number of nitrogens with zero attached hydrogens (tertiary/aromatic N) is 4. The Morgan fingerprint density at radius 1 is 1.38 bits per heavy atom. The molecular weight excluding hydrogens is 210 g/mol. The number of urea groups is 1. The quantitative estimate of drug-likeness (QED) is 0.276. The zero-order valence-electron chi connectivity index (χ0n) is 9.76. The third-order valence-corrected chi connectivity index (χ3v) is 2.54. The number of amides is 2. The molecule has 0 aromatic carbocycles. The van der Waals surface area contributed by atoms with Gasteiger partial charge in [0.25, 0.3) is 0 Å². The minimum absolute atomic E-state index is 0.0310. The van der Waals surface area contributed by atoms with Crippen molar-refractivity contribution < 1.29 is 10.0 Å². The molecule has 1 heterocycles. The molecule has 1 rings (SSSR count). The summed E-state index contributed by atoms with van der Waals surface area (Å²) in [5.74, 6) is 0.201. The Bertz CT molecular complexity index is 271. The lowest BCUT2D eigenvalue weighted by molar-refractivity contribution is 0.130. The lowest BCUT2D eigenvalue weighted by atomic mass is 10.3. The lowest BCUT2D eigenvalue weighted by Gasteiger charge is -2.35. The van der Waals surface area contributed by atoms with Gasteiger partial charge in [0.05, 0.1) is 6.54 Å². The summed E-state index contributed by atoms with van der Waals surface area (Å²) in [4.78, 5) is 17.0. The third-order valence-electron chi connectivity index (χ3n) is 2.54. The van der Waals surface area contributed by atoms with E-state index in [4.69, 9.17) is 10.9 Å². The smallest absolute Gasteiger partial charge is 0.319 e. The number of carbonyl (C=O) groups is 1. The molecule has 92 valence electrons. The molecule has 2 amide bonds. The van der Waals surface area contributed by atoms with Gasteiger partial charge in [0.15, 0.2) is 5.84 Å². The molecule has 0 aromatic heterocycles. The molecule has 0 unspecified atom stereocenters. The third kappa shape index (κ3) is 3.27. The summed E-state index contributed by atoms with van der Waals surface area (Å²) in [5, 5.41) is 11.4. The average molecular weight is 229 g/mol. The van der Waals surface area contributed by atoms with Crippen LogP contribution in [0.2, 0.25) is 0 Å². The van der Waals surface area contributed by atoms with Crippen LogP contribution in [0.25, 0.3) is 0 Å². The van der Waals surface area contributed by atoms with Crippen LogP contribution in [0.4, 0.5) is 4.79 Å². The van der Waals surface area contributed by atoms with Gasteiger partial charge in [0, 0.05) is 40.3 Å². The second-order valence-corrected chi connectivity index (χ2v) is 4.03. The first kappa shape index (κ1) is 12.6. The highest BCUT2D eigenvalue weighted by atomic mass is 16.4. The monoisotopic (exact) mass is 229 g/mol. The number of piperazine rings is 1. The highest BCUT2D eigenvalue weighted by Gasteiger charge is 2.22. The van der Waals surface area contributed by atoms with Crippen LogP contribution in [0.3, 0.4) is 0 Å². The second-order valence-electron chi connectivity index (χ2n) is 4.03. The number of nitrogens with two attached hydrogens (primary N) is 1. The van der Waals surface area contributed by atoms with Gasteiger partial charge < -0.3 is 20.7 Å². The molecule has 0 aliphatic carbocycles. The predicted molar refractivity (Wildman–Crippen MR) is 60.5 cm³/mol. The van der Waals surface area contributed by atoms with Crippen LogP contribution in [0.1, 0.15) is 0 Å². The van der Waals surface area contributed by atoms with Crippen LogP contribution in [0.5, 0.6) is 0 Å². The molecule has 1 saturated heterocycles. The first-order valence-corrected chi connectivity index (χ1v) is 5.19. The lowest BCUT2D eigenvalue weighted by Crippen LogP contribution is -2.52. The van der Waals surface area contributed by atoms with Gasteiger partial charge in [-0.15, -0.1) is 0 Å². The summed E-state index contributed by atoms with van der Waals surface area (Å²) in [6.45, 7) is 3.29. The van der Waals surface area contributed by atoms with Gasteiger partial charge in [-0.2, -0.15) is 0 Å². The van der Waals surface area contributed by atoms with Crippen LogP contribution in [-0.2, 0) is 0 Å². The van der Waals surface area contributed by atoms with Crippen molar-refractivity contribution in [3.63, 3.8) is 0 Å². The first-order chi connectivity index (χ1) is 7.54. The van der Waals surface area contributed by atoms with E-state index < -0.39 is 0 Å². The van der Waals surface area contributed by atoms with E-state index in [1.54, 1.807) is 23.9 Å². The molecule has 7 nitrogen and oxygen atoms in total. The highest BCUT2D eigenvalue weighted by molar-refractivity contribution is 5.81. The molecule has 0 saturated carbocycles. The number of hydrogen-bond acceptors (Lipinski definition) is 4. The van der Waals surface area contributed by atoms with E-state index >= 15 is 0 Å². The van der Waals surface area contributed by atoms with Crippen LogP contribution in [0.15, 0.2) is 5.16 Å². The molecule has 0 atom stereocenters. The minimum atomic E-state index is 0.0310. The number of carbonyl (C=O) groups excluding carboxylic acids is 1. The maximum Gasteiger partial charge on any atom is 0.319 e. The molecule has 1 aliphatic rings. The van der Waals surface area contributed by atoms with Gasteiger partial charge in [-0.05, 0) is 0 Å². The Kier molecular flexibility index (Phi) is 4.36. The Morgan fingerprint density at radius 3 is 2.38 bits per heavy atom. The number of hydrogen-bond donors (Lipinski definition) is 2. The fraction of sp³-hybridized carbons (Fsp3) is 0.778. The highest BCUT2D eigenvalue weighted by Crippen LogP contribution is 2.03. The van der Waals surface area contributed by atoms with Crippen molar-refractivity contribution in [1.82, 2.24) is 14.7 Å². The largest absolute Gasteiger partial charge is 0.409 e. The van der Waals surface area contributed by atoms with E-state index in [-0.39, 0.29) is 11.9 Å². The minimum Gasteiger partial charge on any atom is -0.409 e. The van der Waals surface area contributed by atoms with Crippen LogP contribution >= 0.6 is 0 Å². The molecule has 1 fully saturated rings. The number of oxime groups is 1. The van der Waals surface area contributed by atoms with Crippen molar-refractivity contribution in [2.24, 2.45) is 10.9 Å². The topological polar surface area (TPSA) is 85.4 Å². The standard InChI is InChI=1S/C9H19N5O2/c1-12(2)9(15)14-5-3-13(4-6-14)7-8(10)11-16/h16H,3-7H2,1-2H3,(H2,10,11). The summed E-state index contributed by atoms with van der Waals surface area (Å²) in [7, 11) is 3.48. The van der Waals surface area contributed by atoms with Crippen LogP contribution in [0, 0.1) is 0 Å². The van der Waals surface area contributed by atoms with E-state index in [1.165, 1.54) is 0 Å². The molecule has 7 heteroatoms. The summed E-state index contributed by atoms with van der Waals surface area (Å²) in [6.07, 6.45) is 0. The summed E-state index contributed by atoms with van der Waals surface area (Å²) in [5.41, 5.74) is 5.42. The Morgan fingerprint density at radius 2 is 1.94 bits per heavy atom. The van der Waals surface area contributed by atoms with Gasteiger partial charge in [0.1, 0.15) is 0 Å². The molecule has 1 aliphatic heterocycles. The van der Waals surface area contributed by atoms with Gasteiger partial charge in [-0.1, -0.05) is 5.16 Å². The Labute approximate surface area is 95.1 Å². The number of amidine groups is 1. The van der Waals surface area contributed by atoms with Crippen molar-refractivity contribution in [2.75, 3.05) is 46.8 Å².